The number of alkyl halides is 3. The molecule has 2 rings (SSSR count). The molecule has 2 aliphatic heterocycles. The predicted octanol–water partition coefficient (Wildman–Crippen LogP) is 1.86. The van der Waals surface area contributed by atoms with Crippen molar-refractivity contribution in [3.8, 4) is 0 Å². The summed E-state index contributed by atoms with van der Waals surface area (Å²) >= 11 is 0. The van der Waals surface area contributed by atoms with E-state index in [1.165, 1.54) is 4.90 Å². The second-order valence-corrected chi connectivity index (χ2v) is 5.88. The molecule has 0 aromatic rings. The monoisotopic (exact) mass is 324 g/mol. The van der Waals surface area contributed by atoms with Crippen molar-refractivity contribution in [2.45, 2.75) is 43.9 Å². The topological polar surface area (TPSA) is 81.1 Å². The quantitative estimate of drug-likeness (QED) is 0.828. The summed E-state index contributed by atoms with van der Waals surface area (Å²) in [7, 11) is 0. The lowest BCUT2D eigenvalue weighted by molar-refractivity contribution is -0.178. The molecule has 2 N–H and O–H groups in total. The minimum absolute atomic E-state index is 0.00561. The third kappa shape index (κ3) is 3.63. The molecule has 2 saturated heterocycles. The van der Waals surface area contributed by atoms with Crippen LogP contribution in [0.4, 0.5) is 18.0 Å². The molecule has 9 heteroatoms. The number of carboxylic acid groups (broad SMARTS) is 2. The standard InChI is InChI=1S/C13H19F3N2O4/c14-13(15,16)10-2-1-4-17(10)7-9-6-8(11(19)20)3-5-18(9)12(21)22/h8-10H,1-7H2,(H,19,20)(H,21,22)/t8?,9?,10-/m0/s1. The number of amides is 1. The number of likely N-dealkylation sites (tertiary alicyclic amines) is 2. The van der Waals surface area contributed by atoms with E-state index < -0.39 is 36.2 Å². The Kier molecular flexibility index (Phi) is 4.84. The summed E-state index contributed by atoms with van der Waals surface area (Å²) in [5, 5.41) is 18.2. The Bertz CT molecular complexity index is 443. The van der Waals surface area contributed by atoms with E-state index in [1.54, 1.807) is 0 Å². The van der Waals surface area contributed by atoms with Crippen LogP contribution in [-0.2, 0) is 4.79 Å². The fourth-order valence-electron chi connectivity index (χ4n) is 3.39. The lowest BCUT2D eigenvalue weighted by Gasteiger charge is -2.39. The van der Waals surface area contributed by atoms with Crippen LogP contribution >= 0.6 is 0 Å². The van der Waals surface area contributed by atoms with Gasteiger partial charge in [-0.3, -0.25) is 9.69 Å². The summed E-state index contributed by atoms with van der Waals surface area (Å²) in [5.74, 6) is -1.73. The molecule has 0 aliphatic carbocycles. The highest BCUT2D eigenvalue weighted by atomic mass is 19.4. The summed E-state index contributed by atoms with van der Waals surface area (Å²) in [6.45, 7) is 0.230. The molecule has 3 atom stereocenters. The molecule has 2 unspecified atom stereocenters. The van der Waals surface area contributed by atoms with Crippen molar-refractivity contribution < 1.29 is 33.0 Å². The summed E-state index contributed by atoms with van der Waals surface area (Å²) in [5.41, 5.74) is 0. The Morgan fingerprint density at radius 2 is 1.82 bits per heavy atom. The maximum atomic E-state index is 13.0. The Balaban J connectivity index is 2.09. The van der Waals surface area contributed by atoms with Gasteiger partial charge in [0.05, 0.1) is 5.92 Å². The zero-order chi connectivity index (χ0) is 16.5. The first-order chi connectivity index (χ1) is 10.2. The molecule has 6 nitrogen and oxygen atoms in total. The van der Waals surface area contributed by atoms with Crippen molar-refractivity contribution >= 4 is 12.1 Å². The van der Waals surface area contributed by atoms with E-state index in [4.69, 9.17) is 5.11 Å². The molecule has 126 valence electrons. The zero-order valence-electron chi connectivity index (χ0n) is 11.9. The van der Waals surface area contributed by atoms with Gasteiger partial charge in [0, 0.05) is 19.1 Å². The van der Waals surface area contributed by atoms with Gasteiger partial charge in [-0.25, -0.2) is 4.79 Å². The highest BCUT2D eigenvalue weighted by Gasteiger charge is 2.47. The minimum Gasteiger partial charge on any atom is -0.481 e. The van der Waals surface area contributed by atoms with E-state index in [1.807, 2.05) is 0 Å². The smallest absolute Gasteiger partial charge is 0.407 e. The Hall–Kier alpha value is -1.51. The molecule has 0 spiro atoms. The van der Waals surface area contributed by atoms with Gasteiger partial charge < -0.3 is 15.1 Å². The third-order valence-corrected chi connectivity index (χ3v) is 4.50. The van der Waals surface area contributed by atoms with Gasteiger partial charge >= 0.3 is 18.2 Å². The fraction of sp³-hybridized carbons (Fsp3) is 0.846. The zero-order valence-corrected chi connectivity index (χ0v) is 11.9. The van der Waals surface area contributed by atoms with Crippen molar-refractivity contribution in [2.75, 3.05) is 19.6 Å². The number of aliphatic carboxylic acids is 1. The molecule has 2 fully saturated rings. The van der Waals surface area contributed by atoms with Gasteiger partial charge in [-0.05, 0) is 32.2 Å². The second-order valence-electron chi connectivity index (χ2n) is 5.88. The molecule has 2 aliphatic rings. The summed E-state index contributed by atoms with van der Waals surface area (Å²) in [4.78, 5) is 24.6. The fourth-order valence-corrected chi connectivity index (χ4v) is 3.39. The average Bonchev–Trinajstić information content (AvgIpc) is 2.86. The summed E-state index contributed by atoms with van der Waals surface area (Å²) < 4.78 is 38.9. The van der Waals surface area contributed by atoms with Gasteiger partial charge in [0.1, 0.15) is 6.04 Å². The van der Waals surface area contributed by atoms with Gasteiger partial charge in [0.25, 0.3) is 0 Å². The maximum Gasteiger partial charge on any atom is 0.407 e. The number of nitrogens with zero attached hydrogens (tertiary/aromatic N) is 2. The average molecular weight is 324 g/mol. The van der Waals surface area contributed by atoms with E-state index in [9.17, 15) is 27.9 Å². The number of carboxylic acids is 1. The van der Waals surface area contributed by atoms with E-state index in [-0.39, 0.29) is 38.9 Å². The highest BCUT2D eigenvalue weighted by molar-refractivity contribution is 5.71. The van der Waals surface area contributed by atoms with Crippen LogP contribution in [0.1, 0.15) is 25.7 Å². The van der Waals surface area contributed by atoms with E-state index in [0.29, 0.717) is 6.42 Å². The van der Waals surface area contributed by atoms with Gasteiger partial charge in [0.15, 0.2) is 0 Å². The van der Waals surface area contributed by atoms with Crippen LogP contribution in [0, 0.1) is 5.92 Å². The van der Waals surface area contributed by atoms with Crippen LogP contribution in [-0.4, -0.2) is 70.0 Å². The number of hydrogen-bond acceptors (Lipinski definition) is 3. The maximum absolute atomic E-state index is 13.0. The Morgan fingerprint density at radius 3 is 2.36 bits per heavy atom. The number of halogens is 3. The lowest BCUT2D eigenvalue weighted by atomic mass is 9.90. The molecule has 0 aromatic heterocycles. The van der Waals surface area contributed by atoms with Crippen LogP contribution in [0.15, 0.2) is 0 Å². The van der Waals surface area contributed by atoms with E-state index in [2.05, 4.69) is 0 Å². The molecule has 1 amide bonds. The largest absolute Gasteiger partial charge is 0.481 e. The first kappa shape index (κ1) is 16.9. The minimum atomic E-state index is -4.34. The summed E-state index contributed by atoms with van der Waals surface area (Å²) in [6.07, 6.45) is -4.89. The van der Waals surface area contributed by atoms with Crippen LogP contribution in [0.5, 0.6) is 0 Å². The molecule has 2 heterocycles. The van der Waals surface area contributed by atoms with E-state index in [0.717, 1.165) is 4.90 Å². The van der Waals surface area contributed by atoms with Crippen LogP contribution in [0.2, 0.25) is 0 Å². The van der Waals surface area contributed by atoms with Gasteiger partial charge in [0.2, 0.25) is 0 Å². The molecular formula is C13H19F3N2O4. The predicted molar refractivity (Wildman–Crippen MR) is 69.5 cm³/mol. The number of piperidine rings is 1. The molecule has 0 aromatic carbocycles. The lowest BCUT2D eigenvalue weighted by Crippen LogP contribution is -2.54. The van der Waals surface area contributed by atoms with Crippen LogP contribution in [0.3, 0.4) is 0 Å². The van der Waals surface area contributed by atoms with Crippen molar-refractivity contribution in [2.24, 2.45) is 5.92 Å². The number of rotatable bonds is 3. The molecular weight excluding hydrogens is 305 g/mol. The van der Waals surface area contributed by atoms with Crippen molar-refractivity contribution in [3.63, 3.8) is 0 Å². The SMILES string of the molecule is O=C(O)C1CCN(C(=O)O)C(CN2CCC[C@H]2C(F)(F)F)C1. The van der Waals surface area contributed by atoms with Gasteiger partial charge in [-0.2, -0.15) is 13.2 Å². The molecule has 0 saturated carbocycles. The third-order valence-electron chi connectivity index (χ3n) is 4.50. The molecule has 0 radical (unpaired) electrons. The van der Waals surface area contributed by atoms with Gasteiger partial charge in [-0.1, -0.05) is 0 Å². The van der Waals surface area contributed by atoms with Crippen LogP contribution < -0.4 is 0 Å². The number of hydrogen-bond donors (Lipinski definition) is 2. The summed E-state index contributed by atoms with van der Waals surface area (Å²) in [6, 6.07) is -2.27. The van der Waals surface area contributed by atoms with Crippen molar-refractivity contribution in [1.82, 2.24) is 9.80 Å². The van der Waals surface area contributed by atoms with Crippen LogP contribution in [0.25, 0.3) is 0 Å². The molecule has 0 bridgehead atoms. The Morgan fingerprint density at radius 1 is 1.14 bits per heavy atom. The highest BCUT2D eigenvalue weighted by Crippen LogP contribution is 2.34. The van der Waals surface area contributed by atoms with Crippen molar-refractivity contribution in [3.05, 3.63) is 0 Å². The Labute approximate surface area is 125 Å². The first-order valence-electron chi connectivity index (χ1n) is 7.23. The van der Waals surface area contributed by atoms with Gasteiger partial charge in [-0.15, -0.1) is 0 Å². The number of carbonyl (C=O) groups is 2. The van der Waals surface area contributed by atoms with Crippen molar-refractivity contribution in [1.29, 1.82) is 0 Å². The molecule has 22 heavy (non-hydrogen) atoms. The second kappa shape index (κ2) is 6.31. The first-order valence-corrected chi connectivity index (χ1v) is 7.23. The van der Waals surface area contributed by atoms with E-state index >= 15 is 0 Å². The normalized spacial score (nSPS) is 30.5.